The lowest BCUT2D eigenvalue weighted by Crippen LogP contribution is -2.51. The second-order valence-corrected chi connectivity index (χ2v) is 6.78. The standard InChI is InChI=1S/C19H23ClN2O2/c1-19(2,18(21)23)22(3)12-14-7-9-17(10-8-14)24-13-15-5-4-6-16(20)11-15/h4-11H,12-13H2,1-3H3,(H2,21,23). The summed E-state index contributed by atoms with van der Waals surface area (Å²) in [6.45, 7) is 4.73. The Morgan fingerprint density at radius 2 is 1.83 bits per heavy atom. The number of hydrogen-bond acceptors (Lipinski definition) is 3. The first-order chi connectivity index (χ1) is 11.3. The van der Waals surface area contributed by atoms with Crippen LogP contribution in [0.4, 0.5) is 0 Å². The number of rotatable bonds is 7. The van der Waals surface area contributed by atoms with Crippen molar-refractivity contribution >= 4 is 17.5 Å². The highest BCUT2D eigenvalue weighted by atomic mass is 35.5. The van der Waals surface area contributed by atoms with Crippen LogP contribution in [0.5, 0.6) is 5.75 Å². The van der Waals surface area contributed by atoms with E-state index >= 15 is 0 Å². The van der Waals surface area contributed by atoms with E-state index < -0.39 is 5.54 Å². The van der Waals surface area contributed by atoms with E-state index in [1.165, 1.54) is 0 Å². The molecule has 2 aromatic carbocycles. The lowest BCUT2D eigenvalue weighted by Gasteiger charge is -2.32. The van der Waals surface area contributed by atoms with Gasteiger partial charge in [0.2, 0.25) is 5.91 Å². The second kappa shape index (κ2) is 7.69. The molecule has 0 fully saturated rings. The Balaban J connectivity index is 1.94. The van der Waals surface area contributed by atoms with Gasteiger partial charge in [-0.15, -0.1) is 0 Å². The number of amides is 1. The SMILES string of the molecule is CN(Cc1ccc(OCc2cccc(Cl)c2)cc1)C(C)(C)C(N)=O. The van der Waals surface area contributed by atoms with Crippen molar-refractivity contribution in [3.05, 3.63) is 64.7 Å². The van der Waals surface area contributed by atoms with E-state index in [-0.39, 0.29) is 5.91 Å². The van der Waals surface area contributed by atoms with Gasteiger partial charge in [0.1, 0.15) is 12.4 Å². The number of likely N-dealkylation sites (N-methyl/N-ethyl adjacent to an activating group) is 1. The van der Waals surface area contributed by atoms with Crippen molar-refractivity contribution < 1.29 is 9.53 Å². The quantitative estimate of drug-likeness (QED) is 0.833. The summed E-state index contributed by atoms with van der Waals surface area (Å²) in [6.07, 6.45) is 0. The predicted molar refractivity (Wildman–Crippen MR) is 97.0 cm³/mol. The molecule has 0 aliphatic carbocycles. The Morgan fingerprint density at radius 1 is 1.17 bits per heavy atom. The summed E-state index contributed by atoms with van der Waals surface area (Å²) < 4.78 is 5.77. The highest BCUT2D eigenvalue weighted by Crippen LogP contribution is 2.19. The molecule has 2 rings (SSSR count). The van der Waals surface area contributed by atoms with E-state index in [4.69, 9.17) is 22.1 Å². The molecular weight excluding hydrogens is 324 g/mol. The molecule has 0 saturated carbocycles. The summed E-state index contributed by atoms with van der Waals surface area (Å²) in [5.41, 5.74) is 6.86. The molecule has 0 heterocycles. The van der Waals surface area contributed by atoms with Crippen LogP contribution in [0.3, 0.4) is 0 Å². The largest absolute Gasteiger partial charge is 0.489 e. The number of nitrogens with two attached hydrogens (primary N) is 1. The highest BCUT2D eigenvalue weighted by molar-refractivity contribution is 6.30. The summed E-state index contributed by atoms with van der Waals surface area (Å²) >= 11 is 5.96. The molecule has 0 spiro atoms. The van der Waals surface area contributed by atoms with Gasteiger partial charge in [-0.2, -0.15) is 0 Å². The number of hydrogen-bond donors (Lipinski definition) is 1. The smallest absolute Gasteiger partial charge is 0.237 e. The molecule has 128 valence electrons. The summed E-state index contributed by atoms with van der Waals surface area (Å²) in [7, 11) is 1.88. The van der Waals surface area contributed by atoms with Gasteiger partial charge in [0.15, 0.2) is 0 Å². The maximum absolute atomic E-state index is 11.5. The third-order valence-corrected chi connectivity index (χ3v) is 4.43. The molecule has 2 aromatic rings. The first kappa shape index (κ1) is 18.3. The lowest BCUT2D eigenvalue weighted by molar-refractivity contribution is -0.127. The average molecular weight is 347 g/mol. The van der Waals surface area contributed by atoms with Gasteiger partial charge in [-0.1, -0.05) is 35.9 Å². The maximum atomic E-state index is 11.5. The Morgan fingerprint density at radius 3 is 2.42 bits per heavy atom. The third kappa shape index (κ3) is 4.73. The zero-order chi connectivity index (χ0) is 17.7. The summed E-state index contributed by atoms with van der Waals surface area (Å²) in [6, 6.07) is 15.4. The molecular formula is C19H23ClN2O2. The first-order valence-electron chi connectivity index (χ1n) is 7.76. The zero-order valence-corrected chi connectivity index (χ0v) is 15.0. The fourth-order valence-corrected chi connectivity index (χ4v) is 2.36. The van der Waals surface area contributed by atoms with Crippen molar-refractivity contribution in [3.63, 3.8) is 0 Å². The Bertz CT molecular complexity index is 699. The Hall–Kier alpha value is -2.04. The van der Waals surface area contributed by atoms with E-state index in [9.17, 15) is 4.79 Å². The monoisotopic (exact) mass is 346 g/mol. The number of carbonyl (C=O) groups excluding carboxylic acids is 1. The molecule has 0 atom stereocenters. The van der Waals surface area contributed by atoms with Gasteiger partial charge < -0.3 is 10.5 Å². The molecule has 0 aliphatic rings. The van der Waals surface area contributed by atoms with Crippen LogP contribution in [-0.4, -0.2) is 23.4 Å². The normalized spacial score (nSPS) is 11.5. The number of benzene rings is 2. The number of nitrogens with zero attached hydrogens (tertiary/aromatic N) is 1. The maximum Gasteiger partial charge on any atom is 0.237 e. The molecule has 24 heavy (non-hydrogen) atoms. The Labute approximate surface area is 148 Å². The molecule has 1 amide bonds. The van der Waals surface area contributed by atoms with Crippen LogP contribution in [0.2, 0.25) is 5.02 Å². The van der Waals surface area contributed by atoms with Gasteiger partial charge in [0.05, 0.1) is 5.54 Å². The highest BCUT2D eigenvalue weighted by Gasteiger charge is 2.29. The van der Waals surface area contributed by atoms with E-state index in [1.807, 2.05) is 74.3 Å². The number of primary amides is 1. The van der Waals surface area contributed by atoms with Crippen LogP contribution >= 0.6 is 11.6 Å². The van der Waals surface area contributed by atoms with E-state index in [0.717, 1.165) is 16.9 Å². The summed E-state index contributed by atoms with van der Waals surface area (Å²) in [4.78, 5) is 13.4. The molecule has 0 unspecified atom stereocenters. The third-order valence-electron chi connectivity index (χ3n) is 4.19. The fraction of sp³-hybridized carbons (Fsp3) is 0.316. The molecule has 0 bridgehead atoms. The Kier molecular flexibility index (Phi) is 5.86. The molecule has 5 heteroatoms. The van der Waals surface area contributed by atoms with Crippen LogP contribution < -0.4 is 10.5 Å². The van der Waals surface area contributed by atoms with Gasteiger partial charge >= 0.3 is 0 Å². The number of halogens is 1. The van der Waals surface area contributed by atoms with Gasteiger partial charge in [0, 0.05) is 11.6 Å². The van der Waals surface area contributed by atoms with Crippen LogP contribution in [0, 0.1) is 0 Å². The van der Waals surface area contributed by atoms with Crippen molar-refractivity contribution in [3.8, 4) is 5.75 Å². The van der Waals surface area contributed by atoms with Crippen molar-refractivity contribution in [2.45, 2.75) is 32.5 Å². The predicted octanol–water partition coefficient (Wildman–Crippen LogP) is 3.61. The van der Waals surface area contributed by atoms with Crippen molar-refractivity contribution in [1.29, 1.82) is 0 Å². The molecule has 0 aliphatic heterocycles. The van der Waals surface area contributed by atoms with Gasteiger partial charge in [-0.3, -0.25) is 9.69 Å². The van der Waals surface area contributed by atoms with Crippen LogP contribution in [-0.2, 0) is 17.9 Å². The van der Waals surface area contributed by atoms with Gasteiger partial charge in [-0.05, 0) is 56.3 Å². The van der Waals surface area contributed by atoms with Gasteiger partial charge in [-0.25, -0.2) is 0 Å². The van der Waals surface area contributed by atoms with Crippen LogP contribution in [0.1, 0.15) is 25.0 Å². The molecule has 0 saturated heterocycles. The van der Waals surface area contributed by atoms with Gasteiger partial charge in [0.25, 0.3) is 0 Å². The first-order valence-corrected chi connectivity index (χ1v) is 8.14. The molecule has 2 N–H and O–H groups in total. The molecule has 0 aromatic heterocycles. The minimum absolute atomic E-state index is 0.341. The minimum Gasteiger partial charge on any atom is -0.489 e. The minimum atomic E-state index is -0.693. The summed E-state index contributed by atoms with van der Waals surface area (Å²) in [5, 5.41) is 0.701. The second-order valence-electron chi connectivity index (χ2n) is 6.34. The topological polar surface area (TPSA) is 55.6 Å². The number of ether oxygens (including phenoxy) is 1. The van der Waals surface area contributed by atoms with Crippen molar-refractivity contribution in [1.82, 2.24) is 4.90 Å². The van der Waals surface area contributed by atoms with Crippen molar-refractivity contribution in [2.75, 3.05) is 7.05 Å². The van der Waals surface area contributed by atoms with Crippen molar-refractivity contribution in [2.24, 2.45) is 5.73 Å². The number of carbonyl (C=O) groups is 1. The van der Waals surface area contributed by atoms with E-state index in [0.29, 0.717) is 18.2 Å². The molecule has 0 radical (unpaired) electrons. The summed E-state index contributed by atoms with van der Waals surface area (Å²) in [5.74, 6) is 0.446. The van der Waals surface area contributed by atoms with E-state index in [1.54, 1.807) is 0 Å². The zero-order valence-electron chi connectivity index (χ0n) is 14.3. The van der Waals surface area contributed by atoms with Crippen LogP contribution in [0.25, 0.3) is 0 Å². The van der Waals surface area contributed by atoms with E-state index in [2.05, 4.69) is 0 Å². The molecule has 4 nitrogen and oxygen atoms in total. The lowest BCUT2D eigenvalue weighted by atomic mass is 10.0. The van der Waals surface area contributed by atoms with Crippen LogP contribution in [0.15, 0.2) is 48.5 Å². The fourth-order valence-electron chi connectivity index (χ4n) is 2.14. The average Bonchev–Trinajstić information content (AvgIpc) is 2.54.